The normalized spacial score (nSPS) is 22.8. The molecule has 0 saturated carbocycles. The van der Waals surface area contributed by atoms with E-state index in [9.17, 15) is 18.0 Å². The molecular formula is C23H26F3N3O2S. The third-order valence-electron chi connectivity index (χ3n) is 5.87. The lowest BCUT2D eigenvalue weighted by molar-refractivity contribution is -0.00435. The average molecular weight is 466 g/mol. The van der Waals surface area contributed by atoms with Crippen LogP contribution in [0.2, 0.25) is 0 Å². The molecule has 2 aromatic carbocycles. The van der Waals surface area contributed by atoms with Gasteiger partial charge in [-0.05, 0) is 23.6 Å². The van der Waals surface area contributed by atoms with Gasteiger partial charge in [-0.15, -0.1) is 0 Å². The lowest BCUT2D eigenvalue weighted by Gasteiger charge is -2.31. The van der Waals surface area contributed by atoms with E-state index in [0.717, 1.165) is 11.1 Å². The van der Waals surface area contributed by atoms with Gasteiger partial charge in [0, 0.05) is 18.4 Å². The van der Waals surface area contributed by atoms with E-state index in [1.807, 2.05) is 31.2 Å². The molecule has 0 spiro atoms. The summed E-state index contributed by atoms with van der Waals surface area (Å²) in [5.74, 6) is -2.81. The maximum atomic E-state index is 15.0. The molecule has 2 atom stereocenters. The van der Waals surface area contributed by atoms with E-state index in [4.69, 9.17) is 4.74 Å². The smallest absolute Gasteiger partial charge is 0.320 e. The Labute approximate surface area is 190 Å². The number of ether oxygens (including phenoxy) is 1. The molecule has 2 unspecified atom stereocenters. The number of nitrogens with one attached hydrogen (secondary N) is 1. The van der Waals surface area contributed by atoms with Crippen molar-refractivity contribution in [3.63, 3.8) is 0 Å². The molecule has 2 amide bonds. The fourth-order valence-electron chi connectivity index (χ4n) is 4.27. The first kappa shape index (κ1) is 22.8. The summed E-state index contributed by atoms with van der Waals surface area (Å²) in [6.45, 7) is 1.41. The van der Waals surface area contributed by atoms with Crippen LogP contribution in [0.1, 0.15) is 12.5 Å². The molecule has 0 radical (unpaired) electrons. The van der Waals surface area contributed by atoms with Crippen LogP contribution < -0.4 is 9.46 Å². The Morgan fingerprint density at radius 1 is 1.25 bits per heavy atom. The first-order valence-electron chi connectivity index (χ1n) is 10.6. The van der Waals surface area contributed by atoms with E-state index in [1.165, 1.54) is 27.8 Å². The summed E-state index contributed by atoms with van der Waals surface area (Å²) < 4.78 is 53.1. The maximum absolute atomic E-state index is 15.0. The average Bonchev–Trinajstić information content (AvgIpc) is 3.01. The molecular weight excluding hydrogens is 439 g/mol. The number of halogens is 3. The number of nitrogens with zero attached hydrogens (tertiary/aromatic N) is 2. The number of hydrogen-bond donors (Lipinski definition) is 1. The number of carbonyl (C=O) groups excluding carboxylic acids is 1. The van der Waals surface area contributed by atoms with Gasteiger partial charge in [-0.25, -0.2) is 18.0 Å². The summed E-state index contributed by atoms with van der Waals surface area (Å²) in [6.07, 6.45) is 0.246. The molecule has 0 aliphatic carbocycles. The molecule has 32 heavy (non-hydrogen) atoms. The van der Waals surface area contributed by atoms with Crippen LogP contribution in [0.4, 0.5) is 18.0 Å². The number of rotatable bonds is 3. The number of urea groups is 1. The number of likely N-dealkylation sites (N-methyl/N-ethyl adjacent to an activating group) is 1. The molecule has 2 heterocycles. The van der Waals surface area contributed by atoms with Gasteiger partial charge in [-0.2, -0.15) is 0 Å². The molecule has 2 aromatic rings. The van der Waals surface area contributed by atoms with Gasteiger partial charge in [0.25, 0.3) is 5.92 Å². The van der Waals surface area contributed by atoms with Crippen molar-refractivity contribution < 1.29 is 22.7 Å². The van der Waals surface area contributed by atoms with Crippen LogP contribution in [-0.2, 0) is 6.42 Å². The number of amides is 2. The monoisotopic (exact) mass is 465 g/mol. The molecule has 1 N–H and O–H groups in total. The van der Waals surface area contributed by atoms with Crippen LogP contribution >= 0.6 is 11.9 Å². The predicted octanol–water partition coefficient (Wildman–Crippen LogP) is 4.43. The van der Waals surface area contributed by atoms with Gasteiger partial charge in [0.05, 0.1) is 19.1 Å². The molecule has 2 bridgehead atoms. The molecule has 5 nitrogen and oxygen atoms in total. The second-order valence-corrected chi connectivity index (χ2v) is 9.16. The van der Waals surface area contributed by atoms with Gasteiger partial charge in [0.2, 0.25) is 0 Å². The summed E-state index contributed by atoms with van der Waals surface area (Å²) >= 11 is 1.22. The van der Waals surface area contributed by atoms with Gasteiger partial charge < -0.3 is 14.5 Å². The summed E-state index contributed by atoms with van der Waals surface area (Å²) in [4.78, 5) is 15.7. The Morgan fingerprint density at radius 3 is 2.81 bits per heavy atom. The number of fused-ring (bicyclic) bond motifs is 5. The lowest BCUT2D eigenvalue weighted by atomic mass is 9.96. The Bertz CT molecular complexity index is 991. The van der Waals surface area contributed by atoms with Crippen molar-refractivity contribution in [3.8, 4) is 16.9 Å². The largest absolute Gasteiger partial charge is 0.488 e. The molecule has 172 valence electrons. The maximum Gasteiger partial charge on any atom is 0.320 e. The highest BCUT2D eigenvalue weighted by Crippen LogP contribution is 2.38. The van der Waals surface area contributed by atoms with Crippen LogP contribution in [-0.4, -0.2) is 66.3 Å². The highest BCUT2D eigenvalue weighted by Gasteiger charge is 2.56. The Morgan fingerprint density at radius 2 is 2.03 bits per heavy atom. The van der Waals surface area contributed by atoms with Crippen LogP contribution in [0.5, 0.6) is 5.75 Å². The quantitative estimate of drug-likeness (QED) is 0.682. The number of para-hydroxylation sites is 1. The fourth-order valence-corrected chi connectivity index (χ4v) is 4.94. The standard InChI is InChI=1S/C23H26F3N3O2S/c1-3-32-27-21-19-13-15-6-4-7-16(12-15)17-8-5-9-18(24)20(17)31-11-10-28(2)22(30)29(19)14-23(21,25)26/h4-9,12,19,21,27H,3,10-11,13-14H2,1-2H3. The van der Waals surface area contributed by atoms with Crippen molar-refractivity contribution in [3.05, 3.63) is 53.8 Å². The van der Waals surface area contributed by atoms with Crippen LogP contribution in [0.3, 0.4) is 0 Å². The van der Waals surface area contributed by atoms with E-state index in [1.54, 1.807) is 19.2 Å². The predicted molar refractivity (Wildman–Crippen MR) is 120 cm³/mol. The summed E-state index contributed by atoms with van der Waals surface area (Å²) in [7, 11) is 1.55. The summed E-state index contributed by atoms with van der Waals surface area (Å²) in [6, 6.07) is 9.65. The van der Waals surface area contributed by atoms with Crippen LogP contribution in [0.25, 0.3) is 11.1 Å². The second kappa shape index (κ2) is 9.23. The Balaban J connectivity index is 1.78. The van der Waals surface area contributed by atoms with Crippen molar-refractivity contribution in [2.45, 2.75) is 31.4 Å². The Kier molecular flexibility index (Phi) is 6.57. The topological polar surface area (TPSA) is 44.8 Å². The molecule has 1 saturated heterocycles. The van der Waals surface area contributed by atoms with Crippen LogP contribution in [0.15, 0.2) is 42.5 Å². The molecule has 2 aliphatic rings. The fraction of sp³-hybridized carbons (Fsp3) is 0.435. The number of benzene rings is 2. The third-order valence-corrected chi connectivity index (χ3v) is 6.58. The zero-order chi connectivity index (χ0) is 22.9. The van der Waals surface area contributed by atoms with E-state index < -0.39 is 36.4 Å². The minimum absolute atomic E-state index is 0.0398. The van der Waals surface area contributed by atoms with E-state index >= 15 is 0 Å². The lowest BCUT2D eigenvalue weighted by Crippen LogP contribution is -2.50. The van der Waals surface area contributed by atoms with Crippen molar-refractivity contribution in [2.75, 3.05) is 32.5 Å². The molecule has 1 fully saturated rings. The first-order valence-corrected chi connectivity index (χ1v) is 11.6. The number of hydrogen-bond acceptors (Lipinski definition) is 4. The minimum Gasteiger partial charge on any atom is -0.488 e. The van der Waals surface area contributed by atoms with E-state index in [2.05, 4.69) is 4.72 Å². The van der Waals surface area contributed by atoms with Crippen molar-refractivity contribution in [1.82, 2.24) is 14.5 Å². The van der Waals surface area contributed by atoms with E-state index in [-0.39, 0.29) is 25.3 Å². The van der Waals surface area contributed by atoms with Gasteiger partial charge in [-0.1, -0.05) is 55.3 Å². The molecule has 2 aliphatic heterocycles. The van der Waals surface area contributed by atoms with Gasteiger partial charge in [0.1, 0.15) is 12.6 Å². The summed E-state index contributed by atoms with van der Waals surface area (Å²) in [5, 5.41) is 0. The van der Waals surface area contributed by atoms with Gasteiger partial charge in [-0.3, -0.25) is 4.72 Å². The number of carbonyl (C=O) groups is 1. The minimum atomic E-state index is -3.07. The zero-order valence-corrected chi connectivity index (χ0v) is 18.8. The van der Waals surface area contributed by atoms with Crippen molar-refractivity contribution in [1.29, 1.82) is 0 Å². The zero-order valence-electron chi connectivity index (χ0n) is 18.0. The second-order valence-electron chi connectivity index (χ2n) is 8.06. The first-order chi connectivity index (χ1) is 15.3. The van der Waals surface area contributed by atoms with Crippen LogP contribution in [0, 0.1) is 5.82 Å². The summed E-state index contributed by atoms with van der Waals surface area (Å²) in [5.41, 5.74) is 2.11. The number of alkyl halides is 2. The Hall–Kier alpha value is -2.39. The van der Waals surface area contributed by atoms with Gasteiger partial charge in [0.15, 0.2) is 11.6 Å². The van der Waals surface area contributed by atoms with E-state index in [0.29, 0.717) is 11.3 Å². The van der Waals surface area contributed by atoms with Crippen molar-refractivity contribution >= 4 is 18.0 Å². The van der Waals surface area contributed by atoms with Crippen molar-refractivity contribution in [2.24, 2.45) is 0 Å². The van der Waals surface area contributed by atoms with Gasteiger partial charge >= 0.3 is 6.03 Å². The molecule has 4 rings (SSSR count). The third kappa shape index (κ3) is 4.41. The highest BCUT2D eigenvalue weighted by molar-refractivity contribution is 7.97. The molecule has 9 heteroatoms. The SMILES string of the molecule is CCSNC1C2Cc3cccc(c3)-c3cccc(F)c3OCCN(C)C(=O)N2CC1(F)F. The highest BCUT2D eigenvalue weighted by atomic mass is 32.2. The molecule has 0 aromatic heterocycles.